The number of hydrogen-bond acceptors (Lipinski definition) is 2. The molecule has 3 rings (SSSR count). The number of aryl methyl sites for hydroxylation is 2. The van der Waals surface area contributed by atoms with Crippen molar-refractivity contribution < 1.29 is 0 Å². The van der Waals surface area contributed by atoms with Crippen molar-refractivity contribution in [3.8, 4) is 5.69 Å². The number of aromatic nitrogens is 1. The maximum atomic E-state index is 11.6. The van der Waals surface area contributed by atoms with E-state index in [-0.39, 0.29) is 5.43 Å². The molecular formula is C16H18N2O. The van der Waals surface area contributed by atoms with Crippen LogP contribution in [0.1, 0.15) is 22.5 Å². The van der Waals surface area contributed by atoms with Gasteiger partial charge < -0.3 is 9.88 Å². The lowest BCUT2D eigenvalue weighted by molar-refractivity contribution is 0.638. The summed E-state index contributed by atoms with van der Waals surface area (Å²) in [4.78, 5) is 11.6. The third-order valence-corrected chi connectivity index (χ3v) is 3.77. The van der Waals surface area contributed by atoms with Gasteiger partial charge in [0.25, 0.3) is 0 Å². The lowest BCUT2D eigenvalue weighted by Gasteiger charge is -2.24. The Morgan fingerprint density at radius 3 is 2.63 bits per heavy atom. The van der Waals surface area contributed by atoms with E-state index in [4.69, 9.17) is 0 Å². The highest BCUT2D eigenvalue weighted by molar-refractivity contribution is 5.49. The highest BCUT2D eigenvalue weighted by Crippen LogP contribution is 2.23. The number of nitrogens with one attached hydrogen (secondary N) is 1. The predicted molar refractivity (Wildman–Crippen MR) is 76.9 cm³/mol. The maximum absolute atomic E-state index is 11.6. The van der Waals surface area contributed by atoms with E-state index in [1.165, 1.54) is 16.8 Å². The van der Waals surface area contributed by atoms with Crippen LogP contribution in [0.3, 0.4) is 0 Å². The molecule has 0 aliphatic carbocycles. The van der Waals surface area contributed by atoms with Gasteiger partial charge in [0.15, 0.2) is 5.43 Å². The van der Waals surface area contributed by atoms with Crippen molar-refractivity contribution in [3.63, 3.8) is 0 Å². The molecular weight excluding hydrogens is 236 g/mol. The van der Waals surface area contributed by atoms with E-state index in [2.05, 4.69) is 28.1 Å². The fourth-order valence-electron chi connectivity index (χ4n) is 2.95. The van der Waals surface area contributed by atoms with Gasteiger partial charge in [-0.25, -0.2) is 0 Å². The first-order valence-corrected chi connectivity index (χ1v) is 6.69. The normalized spacial score (nSPS) is 14.2. The Morgan fingerprint density at radius 1 is 1.16 bits per heavy atom. The highest BCUT2D eigenvalue weighted by atomic mass is 16.1. The fourth-order valence-corrected chi connectivity index (χ4v) is 2.95. The zero-order valence-corrected chi connectivity index (χ0v) is 11.4. The van der Waals surface area contributed by atoms with Crippen LogP contribution in [0.4, 0.5) is 0 Å². The van der Waals surface area contributed by atoms with Crippen LogP contribution in [-0.2, 0) is 13.0 Å². The van der Waals surface area contributed by atoms with E-state index in [1.807, 2.05) is 13.8 Å². The third-order valence-electron chi connectivity index (χ3n) is 3.77. The van der Waals surface area contributed by atoms with Crippen LogP contribution >= 0.6 is 0 Å². The van der Waals surface area contributed by atoms with E-state index < -0.39 is 0 Å². The van der Waals surface area contributed by atoms with Crippen LogP contribution < -0.4 is 10.7 Å². The van der Waals surface area contributed by atoms with Crippen molar-refractivity contribution in [1.29, 1.82) is 0 Å². The summed E-state index contributed by atoms with van der Waals surface area (Å²) in [6.07, 6.45) is 1.07. The quantitative estimate of drug-likeness (QED) is 0.845. The van der Waals surface area contributed by atoms with E-state index in [9.17, 15) is 4.79 Å². The van der Waals surface area contributed by atoms with Crippen LogP contribution in [0.25, 0.3) is 5.69 Å². The van der Waals surface area contributed by atoms with Crippen molar-refractivity contribution in [1.82, 2.24) is 9.88 Å². The van der Waals surface area contributed by atoms with Gasteiger partial charge in [-0.1, -0.05) is 12.1 Å². The molecule has 0 fully saturated rings. The molecule has 0 radical (unpaired) electrons. The number of rotatable bonds is 1. The van der Waals surface area contributed by atoms with Gasteiger partial charge >= 0.3 is 0 Å². The lowest BCUT2D eigenvalue weighted by atomic mass is 9.98. The monoisotopic (exact) mass is 254 g/mol. The molecule has 0 amide bonds. The largest absolute Gasteiger partial charge is 0.318 e. The Hall–Kier alpha value is -1.87. The molecule has 2 aromatic rings. The van der Waals surface area contributed by atoms with Crippen LogP contribution in [0.15, 0.2) is 35.1 Å². The van der Waals surface area contributed by atoms with Gasteiger partial charge in [-0.2, -0.15) is 0 Å². The molecule has 98 valence electrons. The SMILES string of the molecule is Cc1cc(=O)cc(C)n1-c1cccc2c1CNCC2. The predicted octanol–water partition coefficient (Wildman–Crippen LogP) is 2.10. The van der Waals surface area contributed by atoms with Crippen LogP contribution in [0, 0.1) is 13.8 Å². The average molecular weight is 254 g/mol. The van der Waals surface area contributed by atoms with Gasteiger partial charge in [0.2, 0.25) is 0 Å². The fraction of sp³-hybridized carbons (Fsp3) is 0.312. The summed E-state index contributed by atoms with van der Waals surface area (Å²) in [6.45, 7) is 5.92. The van der Waals surface area contributed by atoms with Crippen molar-refractivity contribution in [2.45, 2.75) is 26.8 Å². The first-order chi connectivity index (χ1) is 9.16. The Bertz CT molecular complexity index is 659. The summed E-state index contributed by atoms with van der Waals surface area (Å²) in [5.74, 6) is 0. The second kappa shape index (κ2) is 4.67. The number of nitrogens with zero attached hydrogens (tertiary/aromatic N) is 1. The lowest BCUT2D eigenvalue weighted by Crippen LogP contribution is -2.25. The second-order valence-electron chi connectivity index (χ2n) is 5.15. The molecule has 2 heterocycles. The summed E-state index contributed by atoms with van der Waals surface area (Å²) in [5.41, 5.74) is 6.01. The molecule has 0 bridgehead atoms. The van der Waals surface area contributed by atoms with Gasteiger partial charge in [-0.3, -0.25) is 4.79 Å². The molecule has 0 unspecified atom stereocenters. The number of benzene rings is 1. The van der Waals surface area contributed by atoms with Gasteiger partial charge in [0.1, 0.15) is 0 Å². The van der Waals surface area contributed by atoms with Crippen LogP contribution in [0.2, 0.25) is 0 Å². The zero-order valence-electron chi connectivity index (χ0n) is 11.4. The van der Waals surface area contributed by atoms with Gasteiger partial charge in [-0.05, 0) is 44.0 Å². The molecule has 3 heteroatoms. The molecule has 0 spiro atoms. The Balaban J connectivity index is 2.26. The van der Waals surface area contributed by atoms with Crippen LogP contribution in [0.5, 0.6) is 0 Å². The molecule has 1 aliphatic heterocycles. The summed E-state index contributed by atoms with van der Waals surface area (Å²) in [6, 6.07) is 9.84. The van der Waals surface area contributed by atoms with E-state index in [1.54, 1.807) is 12.1 Å². The molecule has 3 nitrogen and oxygen atoms in total. The molecule has 19 heavy (non-hydrogen) atoms. The number of pyridine rings is 1. The van der Waals surface area contributed by atoms with Gasteiger partial charge in [0, 0.05) is 30.1 Å². The standard InChI is InChI=1S/C16H18N2O/c1-11-8-14(19)9-12(2)18(11)16-5-3-4-13-6-7-17-10-15(13)16/h3-5,8-9,17H,6-7,10H2,1-2H3. The van der Waals surface area contributed by atoms with Gasteiger partial charge in [0.05, 0.1) is 5.69 Å². The Kier molecular flexibility index (Phi) is 2.99. The molecule has 1 aliphatic rings. The second-order valence-corrected chi connectivity index (χ2v) is 5.15. The summed E-state index contributed by atoms with van der Waals surface area (Å²) >= 11 is 0. The van der Waals surface area contributed by atoms with E-state index in [0.29, 0.717) is 0 Å². The topological polar surface area (TPSA) is 34.0 Å². The molecule has 0 saturated heterocycles. The van der Waals surface area contributed by atoms with Crippen molar-refractivity contribution >= 4 is 0 Å². The van der Waals surface area contributed by atoms with E-state index >= 15 is 0 Å². The zero-order chi connectivity index (χ0) is 13.4. The first-order valence-electron chi connectivity index (χ1n) is 6.69. The summed E-state index contributed by atoms with van der Waals surface area (Å²) in [5, 5.41) is 3.43. The first kappa shape index (κ1) is 12.2. The molecule has 1 aromatic carbocycles. The van der Waals surface area contributed by atoms with Crippen molar-refractivity contribution in [2.24, 2.45) is 0 Å². The highest BCUT2D eigenvalue weighted by Gasteiger charge is 2.15. The molecule has 0 atom stereocenters. The number of hydrogen-bond donors (Lipinski definition) is 1. The summed E-state index contributed by atoms with van der Waals surface area (Å²) in [7, 11) is 0. The van der Waals surface area contributed by atoms with Crippen LogP contribution in [-0.4, -0.2) is 11.1 Å². The minimum absolute atomic E-state index is 0.0779. The maximum Gasteiger partial charge on any atom is 0.182 e. The average Bonchev–Trinajstić information content (AvgIpc) is 2.38. The molecule has 0 saturated carbocycles. The van der Waals surface area contributed by atoms with Crippen molar-refractivity contribution in [2.75, 3.05) is 6.54 Å². The smallest absolute Gasteiger partial charge is 0.182 e. The number of fused-ring (bicyclic) bond motifs is 1. The van der Waals surface area contributed by atoms with Crippen molar-refractivity contribution in [3.05, 3.63) is 63.1 Å². The molecule has 1 aromatic heterocycles. The minimum atomic E-state index is 0.0779. The third kappa shape index (κ3) is 2.10. The summed E-state index contributed by atoms with van der Waals surface area (Å²) < 4.78 is 2.17. The Morgan fingerprint density at radius 2 is 1.89 bits per heavy atom. The van der Waals surface area contributed by atoms with Gasteiger partial charge in [-0.15, -0.1) is 0 Å². The molecule has 1 N–H and O–H groups in total. The minimum Gasteiger partial charge on any atom is -0.318 e. The van der Waals surface area contributed by atoms with E-state index in [0.717, 1.165) is 30.9 Å². The Labute approximate surface area is 112 Å².